The topological polar surface area (TPSA) is 76.5 Å². The minimum Gasteiger partial charge on any atom is -0.379 e. The van der Waals surface area contributed by atoms with Crippen LogP contribution in [-0.2, 0) is 11.3 Å². The highest BCUT2D eigenvalue weighted by Gasteiger charge is 2.21. The van der Waals surface area contributed by atoms with Crippen molar-refractivity contribution in [2.75, 3.05) is 32.8 Å². The number of nitrogens with one attached hydrogen (secondary N) is 1. The molecule has 2 aromatic rings. The van der Waals surface area contributed by atoms with Crippen LogP contribution in [-0.4, -0.2) is 59.2 Å². The zero-order chi connectivity index (χ0) is 20.2. The van der Waals surface area contributed by atoms with Crippen LogP contribution in [0.1, 0.15) is 42.5 Å². The average Bonchev–Trinajstić information content (AvgIpc) is 2.74. The van der Waals surface area contributed by atoms with Crippen LogP contribution in [0.5, 0.6) is 0 Å². The molecule has 4 rings (SSSR count). The molecule has 0 spiro atoms. The van der Waals surface area contributed by atoms with Crippen LogP contribution in [0, 0.1) is 0 Å². The molecule has 0 atom stereocenters. The Labute approximate surface area is 175 Å². The van der Waals surface area contributed by atoms with Crippen LogP contribution in [0.2, 0.25) is 5.15 Å². The molecule has 0 aromatic carbocycles. The Hall–Kier alpha value is -1.96. The van der Waals surface area contributed by atoms with Gasteiger partial charge in [0.25, 0.3) is 5.91 Å². The van der Waals surface area contributed by atoms with Gasteiger partial charge in [-0.15, -0.1) is 0 Å². The number of amides is 1. The number of ether oxygens (including phenoxy) is 1. The molecule has 1 aliphatic heterocycles. The molecule has 2 fully saturated rings. The van der Waals surface area contributed by atoms with Gasteiger partial charge in [0.05, 0.1) is 18.6 Å². The van der Waals surface area contributed by atoms with Gasteiger partial charge in [0.1, 0.15) is 16.4 Å². The number of hydrogen-bond donors (Lipinski definition) is 1. The maximum Gasteiger partial charge on any atom is 0.256 e. The second-order valence-electron chi connectivity index (χ2n) is 7.83. The van der Waals surface area contributed by atoms with Gasteiger partial charge in [0.15, 0.2) is 0 Å². The standard InChI is InChI=1S/C21H27ClN4O3/c22-18-7-6-16-19(27)17(21(28)23-15-4-2-1-3-5-15)14-26(20(16)24-18)9-8-25-10-12-29-13-11-25/h6-7,14-15H,1-5,8-13H2,(H,23,28). The lowest BCUT2D eigenvalue weighted by Crippen LogP contribution is -2.39. The first-order valence-electron chi connectivity index (χ1n) is 10.4. The van der Waals surface area contributed by atoms with Crippen LogP contribution in [0.4, 0.5) is 0 Å². The van der Waals surface area contributed by atoms with E-state index in [1.807, 2.05) is 4.57 Å². The van der Waals surface area contributed by atoms with E-state index in [2.05, 4.69) is 15.2 Å². The van der Waals surface area contributed by atoms with Crippen LogP contribution in [0.15, 0.2) is 23.1 Å². The third-order valence-corrected chi connectivity index (χ3v) is 6.04. The van der Waals surface area contributed by atoms with E-state index in [-0.39, 0.29) is 22.9 Å². The SMILES string of the molecule is O=C(NC1CCCCC1)c1cn(CCN2CCOCC2)c2nc(Cl)ccc2c1=O. The van der Waals surface area contributed by atoms with E-state index in [0.717, 1.165) is 58.5 Å². The van der Waals surface area contributed by atoms with Gasteiger partial charge >= 0.3 is 0 Å². The molecule has 2 aromatic heterocycles. The number of nitrogens with zero attached hydrogens (tertiary/aromatic N) is 3. The third-order valence-electron chi connectivity index (χ3n) is 5.83. The Morgan fingerprint density at radius 2 is 1.93 bits per heavy atom. The molecule has 1 amide bonds. The molecule has 29 heavy (non-hydrogen) atoms. The predicted octanol–water partition coefficient (Wildman–Crippen LogP) is 2.44. The maximum atomic E-state index is 13.0. The Morgan fingerprint density at radius 3 is 2.69 bits per heavy atom. The van der Waals surface area contributed by atoms with Crippen molar-refractivity contribution in [1.29, 1.82) is 0 Å². The van der Waals surface area contributed by atoms with Crippen LogP contribution < -0.4 is 10.7 Å². The highest BCUT2D eigenvalue weighted by atomic mass is 35.5. The molecule has 2 aliphatic rings. The number of carbonyl (C=O) groups is 1. The fourth-order valence-corrected chi connectivity index (χ4v) is 4.30. The lowest BCUT2D eigenvalue weighted by atomic mass is 9.95. The Bertz CT molecular complexity index is 933. The molecular weight excluding hydrogens is 392 g/mol. The fraction of sp³-hybridized carbons (Fsp3) is 0.571. The van der Waals surface area contributed by atoms with Crippen molar-refractivity contribution >= 4 is 28.5 Å². The summed E-state index contributed by atoms with van der Waals surface area (Å²) >= 11 is 6.09. The van der Waals surface area contributed by atoms with Crippen LogP contribution >= 0.6 is 11.6 Å². The van der Waals surface area contributed by atoms with Crippen molar-refractivity contribution in [3.05, 3.63) is 39.3 Å². The lowest BCUT2D eigenvalue weighted by molar-refractivity contribution is 0.0365. The van der Waals surface area contributed by atoms with Crippen molar-refractivity contribution in [1.82, 2.24) is 19.8 Å². The van der Waals surface area contributed by atoms with E-state index in [1.165, 1.54) is 6.42 Å². The number of hydrogen-bond acceptors (Lipinski definition) is 5. The third kappa shape index (κ3) is 4.79. The van der Waals surface area contributed by atoms with E-state index in [4.69, 9.17) is 16.3 Å². The van der Waals surface area contributed by atoms with E-state index < -0.39 is 0 Å². The first-order valence-corrected chi connectivity index (χ1v) is 10.8. The smallest absolute Gasteiger partial charge is 0.256 e. The molecule has 1 saturated heterocycles. The van der Waals surface area contributed by atoms with E-state index >= 15 is 0 Å². The van der Waals surface area contributed by atoms with Gasteiger partial charge < -0.3 is 14.6 Å². The summed E-state index contributed by atoms with van der Waals surface area (Å²) in [7, 11) is 0. The zero-order valence-corrected chi connectivity index (χ0v) is 17.3. The van der Waals surface area contributed by atoms with E-state index in [1.54, 1.807) is 18.3 Å². The molecule has 0 unspecified atom stereocenters. The second-order valence-corrected chi connectivity index (χ2v) is 8.22. The van der Waals surface area contributed by atoms with Crippen LogP contribution in [0.3, 0.4) is 0 Å². The molecule has 8 heteroatoms. The van der Waals surface area contributed by atoms with Gasteiger partial charge in [-0.3, -0.25) is 14.5 Å². The Morgan fingerprint density at radius 1 is 1.17 bits per heavy atom. The summed E-state index contributed by atoms with van der Waals surface area (Å²) in [6.45, 7) is 4.61. The first-order chi connectivity index (χ1) is 14.1. The molecular formula is C21H27ClN4O3. The van der Waals surface area contributed by atoms with Gasteiger partial charge in [-0.25, -0.2) is 4.98 Å². The predicted molar refractivity (Wildman–Crippen MR) is 113 cm³/mol. The summed E-state index contributed by atoms with van der Waals surface area (Å²) in [4.78, 5) is 32.6. The summed E-state index contributed by atoms with van der Waals surface area (Å²) in [5.74, 6) is -0.293. The number of carbonyl (C=O) groups excluding carboxylic acids is 1. The molecule has 156 valence electrons. The van der Waals surface area contributed by atoms with Crippen molar-refractivity contribution < 1.29 is 9.53 Å². The number of rotatable bonds is 5. The first kappa shape index (κ1) is 20.3. The van der Waals surface area contributed by atoms with Gasteiger partial charge in [0, 0.05) is 38.4 Å². The molecule has 7 nitrogen and oxygen atoms in total. The summed E-state index contributed by atoms with van der Waals surface area (Å²) in [6, 6.07) is 3.41. The summed E-state index contributed by atoms with van der Waals surface area (Å²) < 4.78 is 7.29. The molecule has 1 N–H and O–H groups in total. The highest BCUT2D eigenvalue weighted by Crippen LogP contribution is 2.18. The highest BCUT2D eigenvalue weighted by molar-refractivity contribution is 6.29. The normalized spacial score (nSPS) is 18.8. The maximum absolute atomic E-state index is 13.0. The van der Waals surface area contributed by atoms with Crippen molar-refractivity contribution in [2.45, 2.75) is 44.7 Å². The van der Waals surface area contributed by atoms with Gasteiger partial charge in [-0.2, -0.15) is 0 Å². The number of fused-ring (bicyclic) bond motifs is 1. The minimum absolute atomic E-state index is 0.150. The number of pyridine rings is 2. The minimum atomic E-state index is -0.293. The van der Waals surface area contributed by atoms with Gasteiger partial charge in [-0.1, -0.05) is 30.9 Å². The zero-order valence-electron chi connectivity index (χ0n) is 16.5. The second kappa shape index (κ2) is 9.24. The van der Waals surface area contributed by atoms with Crippen molar-refractivity contribution in [2.24, 2.45) is 0 Å². The average molecular weight is 419 g/mol. The quantitative estimate of drug-likeness (QED) is 0.755. The summed E-state index contributed by atoms with van der Waals surface area (Å²) in [5, 5.41) is 3.81. The summed E-state index contributed by atoms with van der Waals surface area (Å²) in [5.41, 5.74) is 0.402. The van der Waals surface area contributed by atoms with E-state index in [0.29, 0.717) is 22.7 Å². The van der Waals surface area contributed by atoms with Crippen molar-refractivity contribution in [3.8, 4) is 0 Å². The monoisotopic (exact) mass is 418 g/mol. The lowest BCUT2D eigenvalue weighted by Gasteiger charge is -2.27. The number of morpholine rings is 1. The van der Waals surface area contributed by atoms with Crippen molar-refractivity contribution in [3.63, 3.8) is 0 Å². The Kier molecular flexibility index (Phi) is 6.47. The van der Waals surface area contributed by atoms with Gasteiger partial charge in [-0.05, 0) is 25.0 Å². The number of halogens is 1. The van der Waals surface area contributed by atoms with Crippen LogP contribution in [0.25, 0.3) is 11.0 Å². The van der Waals surface area contributed by atoms with Gasteiger partial charge in [0.2, 0.25) is 5.43 Å². The summed E-state index contributed by atoms with van der Waals surface area (Å²) in [6.07, 6.45) is 7.04. The number of aromatic nitrogens is 2. The molecule has 3 heterocycles. The molecule has 0 bridgehead atoms. The fourth-order valence-electron chi connectivity index (χ4n) is 4.16. The molecule has 0 radical (unpaired) electrons. The molecule has 1 saturated carbocycles. The Balaban J connectivity index is 1.63. The molecule has 1 aliphatic carbocycles. The van der Waals surface area contributed by atoms with E-state index in [9.17, 15) is 9.59 Å². The largest absolute Gasteiger partial charge is 0.379 e.